The molecule has 0 aliphatic rings. The van der Waals surface area contributed by atoms with Gasteiger partial charge in [0.15, 0.2) is 0 Å². The van der Waals surface area contributed by atoms with Gasteiger partial charge in [-0.2, -0.15) is 0 Å². The van der Waals surface area contributed by atoms with Gasteiger partial charge in [-0.3, -0.25) is 11.3 Å². The molecular formula is C16H29N3O. The van der Waals surface area contributed by atoms with Crippen LogP contribution >= 0.6 is 0 Å². The molecule has 1 aromatic rings. The van der Waals surface area contributed by atoms with Gasteiger partial charge < -0.3 is 9.64 Å². The molecule has 4 heteroatoms. The van der Waals surface area contributed by atoms with E-state index in [1.165, 1.54) is 11.1 Å². The molecule has 0 aliphatic carbocycles. The average Bonchev–Trinajstić information content (AvgIpc) is 2.42. The second-order valence-electron chi connectivity index (χ2n) is 5.88. The van der Waals surface area contributed by atoms with Crippen molar-refractivity contribution in [2.45, 2.75) is 45.7 Å². The molecule has 1 aromatic carbocycles. The van der Waals surface area contributed by atoms with Crippen molar-refractivity contribution in [1.82, 2.24) is 10.3 Å². The zero-order valence-electron chi connectivity index (χ0n) is 13.9. The first kappa shape index (κ1) is 17.0. The summed E-state index contributed by atoms with van der Waals surface area (Å²) in [5.74, 6) is 6.81. The molecule has 0 fully saturated rings. The third kappa shape index (κ3) is 2.97. The molecule has 0 aromatic heterocycles. The molecule has 20 heavy (non-hydrogen) atoms. The standard InChI is InChI=1S/C16H29N3O/c1-8-16(4,19(5)6)15(18-17)13-9-12(3)14(20-7)10-11(13)2/h9-10,15,18H,8,17H2,1-7H3. The molecule has 1 rings (SSSR count). The monoisotopic (exact) mass is 279 g/mol. The Kier molecular flexibility index (Phi) is 5.57. The first-order valence-electron chi connectivity index (χ1n) is 7.10. The van der Waals surface area contributed by atoms with Crippen LogP contribution in [0.25, 0.3) is 0 Å². The number of aryl methyl sites for hydroxylation is 2. The van der Waals surface area contributed by atoms with Crippen molar-refractivity contribution >= 4 is 0 Å². The molecular weight excluding hydrogens is 250 g/mol. The maximum atomic E-state index is 5.89. The smallest absolute Gasteiger partial charge is 0.122 e. The van der Waals surface area contributed by atoms with Crippen molar-refractivity contribution in [1.29, 1.82) is 0 Å². The van der Waals surface area contributed by atoms with Gasteiger partial charge in [0.1, 0.15) is 5.75 Å². The van der Waals surface area contributed by atoms with Crippen molar-refractivity contribution in [3.05, 3.63) is 28.8 Å². The van der Waals surface area contributed by atoms with Gasteiger partial charge in [0.2, 0.25) is 0 Å². The Labute approximate surface area is 123 Å². The number of benzene rings is 1. The SMILES string of the molecule is CCC(C)(C(NN)c1cc(C)c(OC)cc1C)N(C)C. The van der Waals surface area contributed by atoms with Crippen molar-refractivity contribution < 1.29 is 4.74 Å². The zero-order chi connectivity index (χ0) is 15.5. The van der Waals surface area contributed by atoms with E-state index in [4.69, 9.17) is 10.6 Å². The first-order valence-corrected chi connectivity index (χ1v) is 7.10. The predicted octanol–water partition coefficient (Wildman–Crippen LogP) is 2.55. The Morgan fingerprint density at radius 1 is 1.30 bits per heavy atom. The average molecular weight is 279 g/mol. The molecule has 4 nitrogen and oxygen atoms in total. The van der Waals surface area contributed by atoms with Crippen LogP contribution in [-0.4, -0.2) is 31.6 Å². The molecule has 0 heterocycles. The van der Waals surface area contributed by atoms with E-state index in [0.717, 1.165) is 17.7 Å². The fourth-order valence-corrected chi connectivity index (χ4v) is 2.73. The van der Waals surface area contributed by atoms with E-state index in [9.17, 15) is 0 Å². The summed E-state index contributed by atoms with van der Waals surface area (Å²) in [7, 11) is 5.90. The van der Waals surface area contributed by atoms with Crippen molar-refractivity contribution in [2.75, 3.05) is 21.2 Å². The summed E-state index contributed by atoms with van der Waals surface area (Å²) < 4.78 is 5.39. The highest BCUT2D eigenvalue weighted by Gasteiger charge is 2.36. The maximum Gasteiger partial charge on any atom is 0.122 e. The molecule has 0 saturated carbocycles. The molecule has 0 bridgehead atoms. The number of likely N-dealkylation sites (N-methyl/N-ethyl adjacent to an activating group) is 1. The third-order valence-electron chi connectivity index (χ3n) is 4.62. The Hall–Kier alpha value is -1.10. The normalized spacial score (nSPS) is 16.1. The van der Waals surface area contributed by atoms with E-state index in [2.05, 4.69) is 64.2 Å². The van der Waals surface area contributed by atoms with Crippen molar-refractivity contribution in [3.8, 4) is 5.75 Å². The van der Waals surface area contributed by atoms with Gasteiger partial charge in [-0.25, -0.2) is 0 Å². The number of nitrogens with zero attached hydrogens (tertiary/aromatic N) is 1. The van der Waals surface area contributed by atoms with Gasteiger partial charge in [0, 0.05) is 5.54 Å². The van der Waals surface area contributed by atoms with Crippen molar-refractivity contribution in [3.63, 3.8) is 0 Å². The van der Waals surface area contributed by atoms with E-state index in [1.54, 1.807) is 7.11 Å². The Balaban J connectivity index is 3.36. The second kappa shape index (κ2) is 6.57. The summed E-state index contributed by atoms with van der Waals surface area (Å²) in [6.07, 6.45) is 0.999. The van der Waals surface area contributed by atoms with Gasteiger partial charge in [-0.15, -0.1) is 0 Å². The second-order valence-corrected chi connectivity index (χ2v) is 5.88. The molecule has 2 unspecified atom stereocenters. The quantitative estimate of drug-likeness (QED) is 0.620. The summed E-state index contributed by atoms with van der Waals surface area (Å²) in [5.41, 5.74) is 6.51. The van der Waals surface area contributed by atoms with Crippen LogP contribution in [0.1, 0.15) is 43.0 Å². The topological polar surface area (TPSA) is 50.5 Å². The highest BCUT2D eigenvalue weighted by molar-refractivity contribution is 5.43. The van der Waals surface area contributed by atoms with Gasteiger partial charge in [0.25, 0.3) is 0 Å². The number of hydrogen-bond donors (Lipinski definition) is 2. The summed E-state index contributed by atoms with van der Waals surface area (Å²) in [6.45, 7) is 8.59. The van der Waals surface area contributed by atoms with Gasteiger partial charge in [-0.1, -0.05) is 13.0 Å². The van der Waals surface area contributed by atoms with Gasteiger partial charge in [0.05, 0.1) is 13.2 Å². The van der Waals surface area contributed by atoms with Crippen molar-refractivity contribution in [2.24, 2.45) is 5.84 Å². The van der Waals surface area contributed by atoms with Crippen LogP contribution < -0.4 is 16.0 Å². The lowest BCUT2D eigenvalue weighted by molar-refractivity contribution is 0.112. The van der Waals surface area contributed by atoms with E-state index in [1.807, 2.05) is 0 Å². The number of rotatable bonds is 6. The minimum absolute atomic E-state index is 0.0550. The van der Waals surface area contributed by atoms with Crippen LogP contribution in [0.3, 0.4) is 0 Å². The van der Waals surface area contributed by atoms with Gasteiger partial charge in [-0.05, 0) is 64.0 Å². The molecule has 0 spiro atoms. The third-order valence-corrected chi connectivity index (χ3v) is 4.62. The Bertz CT molecular complexity index is 459. The largest absolute Gasteiger partial charge is 0.496 e. The maximum absolute atomic E-state index is 5.89. The van der Waals surface area contributed by atoms with Crippen LogP contribution in [0.5, 0.6) is 5.75 Å². The molecule has 2 atom stereocenters. The molecule has 0 amide bonds. The van der Waals surface area contributed by atoms with E-state index < -0.39 is 0 Å². The van der Waals surface area contributed by atoms with E-state index in [-0.39, 0.29) is 11.6 Å². The number of methoxy groups -OCH3 is 1. The number of nitrogens with two attached hydrogens (primary N) is 1. The van der Waals surface area contributed by atoms with Crippen LogP contribution in [0.4, 0.5) is 0 Å². The van der Waals surface area contributed by atoms with E-state index in [0.29, 0.717) is 0 Å². The highest BCUT2D eigenvalue weighted by atomic mass is 16.5. The fourth-order valence-electron chi connectivity index (χ4n) is 2.73. The number of nitrogens with one attached hydrogen (secondary N) is 1. The van der Waals surface area contributed by atoms with Crippen LogP contribution in [0.15, 0.2) is 12.1 Å². The lowest BCUT2D eigenvalue weighted by Gasteiger charge is -2.43. The fraction of sp³-hybridized carbons (Fsp3) is 0.625. The molecule has 0 aliphatic heterocycles. The first-order chi connectivity index (χ1) is 9.31. The molecule has 0 saturated heterocycles. The van der Waals surface area contributed by atoms with Crippen LogP contribution in [-0.2, 0) is 0 Å². The zero-order valence-corrected chi connectivity index (χ0v) is 13.9. The number of hydrogen-bond acceptors (Lipinski definition) is 4. The summed E-state index contributed by atoms with van der Waals surface area (Å²) >= 11 is 0. The summed E-state index contributed by atoms with van der Waals surface area (Å²) in [4.78, 5) is 2.23. The lowest BCUT2D eigenvalue weighted by Crippen LogP contribution is -2.53. The predicted molar refractivity (Wildman–Crippen MR) is 84.9 cm³/mol. The minimum atomic E-state index is -0.0550. The Morgan fingerprint density at radius 3 is 2.30 bits per heavy atom. The van der Waals surface area contributed by atoms with Crippen LogP contribution in [0, 0.1) is 13.8 Å². The van der Waals surface area contributed by atoms with Crippen LogP contribution in [0.2, 0.25) is 0 Å². The summed E-state index contributed by atoms with van der Waals surface area (Å²) in [6, 6.07) is 4.32. The lowest BCUT2D eigenvalue weighted by atomic mass is 9.81. The minimum Gasteiger partial charge on any atom is -0.496 e. The summed E-state index contributed by atoms with van der Waals surface area (Å²) in [5, 5.41) is 0. The molecule has 0 radical (unpaired) electrons. The van der Waals surface area contributed by atoms with E-state index >= 15 is 0 Å². The highest BCUT2D eigenvalue weighted by Crippen LogP contribution is 2.36. The number of hydrazine groups is 1. The Morgan fingerprint density at radius 2 is 1.90 bits per heavy atom. The van der Waals surface area contributed by atoms with Gasteiger partial charge >= 0.3 is 0 Å². The molecule has 3 N–H and O–H groups in total. The molecule has 114 valence electrons. The number of ether oxygens (including phenoxy) is 1.